The van der Waals surface area contributed by atoms with Crippen molar-refractivity contribution in [2.24, 2.45) is 0 Å². The van der Waals surface area contributed by atoms with Crippen molar-refractivity contribution in [1.82, 2.24) is 14.7 Å². The highest BCUT2D eigenvalue weighted by atomic mass is 16.7. The van der Waals surface area contributed by atoms with E-state index in [4.69, 9.17) is 9.47 Å². The lowest BCUT2D eigenvalue weighted by Gasteiger charge is -2.37. The fraction of sp³-hybridized carbons (Fsp3) is 0.750. The van der Waals surface area contributed by atoms with Crippen molar-refractivity contribution in [3.05, 3.63) is 18.0 Å². The first kappa shape index (κ1) is 15.5. The predicted molar refractivity (Wildman–Crippen MR) is 81.6 cm³/mol. The number of hydrogen-bond donors (Lipinski definition) is 0. The standard InChI is InChI=1S/C16H25N3O3/c1-12-11-21-16(22-12)5-7-18(8-6-16)14(20)13-9-17-19(10-13)15(2,3)4/h9-10,12H,5-8,11H2,1-4H3/t12-/m0/s1. The molecule has 0 unspecified atom stereocenters. The van der Waals surface area contributed by atoms with Crippen LogP contribution in [0.25, 0.3) is 0 Å². The van der Waals surface area contributed by atoms with E-state index in [9.17, 15) is 4.79 Å². The number of hydrogen-bond acceptors (Lipinski definition) is 4. The van der Waals surface area contributed by atoms with Gasteiger partial charge in [0.25, 0.3) is 5.91 Å². The molecule has 0 radical (unpaired) electrons. The fourth-order valence-electron chi connectivity index (χ4n) is 3.00. The number of rotatable bonds is 1. The molecule has 0 N–H and O–H groups in total. The van der Waals surface area contributed by atoms with Crippen LogP contribution in [-0.4, -0.2) is 52.2 Å². The van der Waals surface area contributed by atoms with E-state index in [0.717, 1.165) is 12.8 Å². The topological polar surface area (TPSA) is 56.6 Å². The minimum atomic E-state index is -0.466. The number of amides is 1. The smallest absolute Gasteiger partial charge is 0.257 e. The average Bonchev–Trinajstić information content (AvgIpc) is 3.06. The molecule has 0 bridgehead atoms. The van der Waals surface area contributed by atoms with Gasteiger partial charge in [-0.1, -0.05) is 0 Å². The van der Waals surface area contributed by atoms with E-state index in [-0.39, 0.29) is 17.6 Å². The molecule has 22 heavy (non-hydrogen) atoms. The van der Waals surface area contributed by atoms with Gasteiger partial charge < -0.3 is 14.4 Å². The molecular weight excluding hydrogens is 282 g/mol. The Morgan fingerprint density at radius 2 is 2.05 bits per heavy atom. The average molecular weight is 307 g/mol. The van der Waals surface area contributed by atoms with Crippen molar-refractivity contribution >= 4 is 5.91 Å². The maximum absolute atomic E-state index is 12.6. The van der Waals surface area contributed by atoms with Crippen LogP contribution in [0, 0.1) is 0 Å². The van der Waals surface area contributed by atoms with E-state index < -0.39 is 5.79 Å². The van der Waals surface area contributed by atoms with Gasteiger partial charge >= 0.3 is 0 Å². The van der Waals surface area contributed by atoms with Gasteiger partial charge in [0.15, 0.2) is 5.79 Å². The summed E-state index contributed by atoms with van der Waals surface area (Å²) in [5.41, 5.74) is 0.527. The highest BCUT2D eigenvalue weighted by molar-refractivity contribution is 5.93. The van der Waals surface area contributed by atoms with Crippen LogP contribution in [0.2, 0.25) is 0 Å². The van der Waals surface area contributed by atoms with Gasteiger partial charge in [0.2, 0.25) is 0 Å². The van der Waals surface area contributed by atoms with Crippen LogP contribution in [-0.2, 0) is 15.0 Å². The van der Waals surface area contributed by atoms with Gasteiger partial charge in [-0.25, -0.2) is 0 Å². The molecule has 2 aliphatic rings. The molecule has 2 saturated heterocycles. The van der Waals surface area contributed by atoms with Crippen LogP contribution < -0.4 is 0 Å². The SMILES string of the molecule is C[C@H]1COC2(CCN(C(=O)c3cnn(C(C)(C)C)c3)CC2)O1. The highest BCUT2D eigenvalue weighted by Gasteiger charge is 2.43. The Labute approximate surface area is 131 Å². The summed E-state index contributed by atoms with van der Waals surface area (Å²) in [4.78, 5) is 14.5. The summed E-state index contributed by atoms with van der Waals surface area (Å²) in [6.45, 7) is 10.2. The van der Waals surface area contributed by atoms with Gasteiger partial charge in [0.05, 0.1) is 30.0 Å². The van der Waals surface area contributed by atoms with Crippen molar-refractivity contribution in [2.75, 3.05) is 19.7 Å². The number of carbonyl (C=O) groups is 1. The second-order valence-corrected chi connectivity index (χ2v) is 7.29. The number of ether oxygens (including phenoxy) is 2. The number of nitrogens with zero attached hydrogens (tertiary/aromatic N) is 3. The molecule has 3 rings (SSSR count). The molecule has 122 valence electrons. The number of piperidine rings is 1. The maximum Gasteiger partial charge on any atom is 0.257 e. The third-order valence-corrected chi connectivity index (χ3v) is 4.33. The van der Waals surface area contributed by atoms with Gasteiger partial charge in [-0.05, 0) is 27.7 Å². The zero-order valence-corrected chi connectivity index (χ0v) is 13.8. The van der Waals surface area contributed by atoms with E-state index >= 15 is 0 Å². The second-order valence-electron chi connectivity index (χ2n) is 7.29. The van der Waals surface area contributed by atoms with Gasteiger partial charge in [-0.2, -0.15) is 5.10 Å². The molecule has 1 aromatic heterocycles. The monoisotopic (exact) mass is 307 g/mol. The molecule has 6 heteroatoms. The number of likely N-dealkylation sites (tertiary alicyclic amines) is 1. The minimum Gasteiger partial charge on any atom is -0.347 e. The van der Waals surface area contributed by atoms with Gasteiger partial charge in [-0.3, -0.25) is 9.48 Å². The molecule has 0 saturated carbocycles. The van der Waals surface area contributed by atoms with Crippen LogP contribution in [0.5, 0.6) is 0 Å². The summed E-state index contributed by atoms with van der Waals surface area (Å²) in [6, 6.07) is 0. The Balaban J connectivity index is 1.64. The van der Waals surface area contributed by atoms with Crippen LogP contribution in [0.1, 0.15) is 50.9 Å². The molecule has 0 aromatic carbocycles. The number of aromatic nitrogens is 2. The third-order valence-electron chi connectivity index (χ3n) is 4.33. The molecule has 2 aliphatic heterocycles. The summed E-state index contributed by atoms with van der Waals surface area (Å²) < 4.78 is 13.5. The Morgan fingerprint density at radius 3 is 2.55 bits per heavy atom. The van der Waals surface area contributed by atoms with Crippen LogP contribution >= 0.6 is 0 Å². The third kappa shape index (κ3) is 2.90. The maximum atomic E-state index is 12.6. The lowest BCUT2D eigenvalue weighted by molar-refractivity contribution is -0.189. The summed E-state index contributed by atoms with van der Waals surface area (Å²) >= 11 is 0. The molecular formula is C16H25N3O3. The van der Waals surface area contributed by atoms with Crippen LogP contribution in [0.15, 0.2) is 12.4 Å². The summed E-state index contributed by atoms with van der Waals surface area (Å²) in [5, 5.41) is 4.30. The van der Waals surface area contributed by atoms with E-state index in [1.54, 1.807) is 6.20 Å². The zero-order chi connectivity index (χ0) is 16.0. The van der Waals surface area contributed by atoms with Crippen molar-refractivity contribution in [3.63, 3.8) is 0 Å². The molecule has 2 fully saturated rings. The lowest BCUT2D eigenvalue weighted by Crippen LogP contribution is -2.47. The first-order chi connectivity index (χ1) is 10.3. The molecule has 1 aromatic rings. The van der Waals surface area contributed by atoms with E-state index in [1.807, 2.05) is 22.7 Å². The molecule has 1 atom stereocenters. The van der Waals surface area contributed by atoms with Gasteiger partial charge in [-0.15, -0.1) is 0 Å². The first-order valence-electron chi connectivity index (χ1n) is 7.95. The normalized spacial score (nSPS) is 24.9. The zero-order valence-electron chi connectivity index (χ0n) is 13.8. The summed E-state index contributed by atoms with van der Waals surface area (Å²) in [6.07, 6.45) is 5.10. The fourth-order valence-corrected chi connectivity index (χ4v) is 3.00. The predicted octanol–water partition coefficient (Wildman–Crippen LogP) is 2.01. The second kappa shape index (κ2) is 5.35. The molecule has 1 amide bonds. The minimum absolute atomic E-state index is 0.0383. The van der Waals surface area contributed by atoms with Crippen molar-refractivity contribution in [1.29, 1.82) is 0 Å². The largest absolute Gasteiger partial charge is 0.347 e. The highest BCUT2D eigenvalue weighted by Crippen LogP contribution is 2.34. The van der Waals surface area contributed by atoms with Crippen molar-refractivity contribution < 1.29 is 14.3 Å². The molecule has 1 spiro atoms. The van der Waals surface area contributed by atoms with E-state index in [2.05, 4.69) is 25.9 Å². The lowest BCUT2D eigenvalue weighted by atomic mass is 10.0. The molecule has 6 nitrogen and oxygen atoms in total. The Morgan fingerprint density at radius 1 is 1.36 bits per heavy atom. The molecule has 0 aliphatic carbocycles. The quantitative estimate of drug-likeness (QED) is 0.796. The van der Waals surface area contributed by atoms with Crippen molar-refractivity contribution in [3.8, 4) is 0 Å². The number of carbonyl (C=O) groups excluding carboxylic acids is 1. The summed E-state index contributed by atoms with van der Waals surface area (Å²) in [7, 11) is 0. The van der Waals surface area contributed by atoms with Crippen LogP contribution in [0.4, 0.5) is 0 Å². The van der Waals surface area contributed by atoms with Gasteiger partial charge in [0, 0.05) is 32.1 Å². The van der Waals surface area contributed by atoms with E-state index in [0.29, 0.717) is 25.3 Å². The van der Waals surface area contributed by atoms with Gasteiger partial charge in [0.1, 0.15) is 0 Å². The molecule has 3 heterocycles. The van der Waals surface area contributed by atoms with Crippen molar-refractivity contribution in [2.45, 2.75) is 58.0 Å². The van der Waals surface area contributed by atoms with E-state index in [1.165, 1.54) is 0 Å². The Bertz CT molecular complexity index is 553. The Hall–Kier alpha value is -1.40. The first-order valence-corrected chi connectivity index (χ1v) is 7.95. The Kier molecular flexibility index (Phi) is 3.77. The van der Waals surface area contributed by atoms with Crippen LogP contribution in [0.3, 0.4) is 0 Å². The summed E-state index contributed by atoms with van der Waals surface area (Å²) in [5.74, 6) is -0.428.